The molecular weight excluding hydrogens is 665 g/mol. The first-order valence-electron chi connectivity index (χ1n) is 18.9. The topological polar surface area (TPSA) is 25.8 Å². The highest BCUT2D eigenvalue weighted by Crippen LogP contribution is 2.63. The molecule has 256 valence electrons. The average molecular weight is 699 g/mol. The van der Waals surface area contributed by atoms with Gasteiger partial charge in [0.15, 0.2) is 5.82 Å². The average Bonchev–Trinajstić information content (AvgIpc) is 3.75. The number of hydrogen-bond donors (Lipinski definition) is 0. The quantitative estimate of drug-likeness (QED) is 0.179. The lowest BCUT2D eigenvalue weighted by Gasteiger charge is -2.30. The number of aromatic nitrogens is 2. The van der Waals surface area contributed by atoms with E-state index in [1.165, 1.54) is 61.2 Å². The second kappa shape index (κ2) is 12.5. The Labute approximate surface area is 321 Å². The number of benzene rings is 8. The van der Waals surface area contributed by atoms with Crippen molar-refractivity contribution in [2.45, 2.75) is 5.41 Å². The van der Waals surface area contributed by atoms with Gasteiger partial charge < -0.3 is 0 Å². The van der Waals surface area contributed by atoms with Gasteiger partial charge in [0.1, 0.15) is 0 Å². The summed E-state index contributed by atoms with van der Waals surface area (Å²) in [6, 6.07) is 74.3. The van der Waals surface area contributed by atoms with E-state index in [-0.39, 0.29) is 5.41 Å². The Morgan fingerprint density at radius 2 is 0.709 bits per heavy atom. The van der Waals surface area contributed by atoms with Crippen LogP contribution in [-0.4, -0.2) is 9.97 Å². The molecule has 1 spiro atoms. The number of hydrogen-bond acceptors (Lipinski definition) is 2. The van der Waals surface area contributed by atoms with E-state index < -0.39 is 0 Å². The molecule has 0 amide bonds. The molecule has 9 aromatic rings. The molecule has 0 radical (unpaired) electrons. The van der Waals surface area contributed by atoms with Crippen molar-refractivity contribution in [1.82, 2.24) is 9.97 Å². The summed E-state index contributed by atoms with van der Waals surface area (Å²) in [6.45, 7) is 0. The molecule has 0 atom stereocenters. The largest absolute Gasteiger partial charge is 0.228 e. The highest BCUT2D eigenvalue weighted by molar-refractivity contribution is 6.00. The fourth-order valence-electron chi connectivity index (χ4n) is 9.15. The van der Waals surface area contributed by atoms with E-state index in [0.29, 0.717) is 5.82 Å². The van der Waals surface area contributed by atoms with Gasteiger partial charge in [-0.1, -0.05) is 194 Å². The van der Waals surface area contributed by atoms with Crippen molar-refractivity contribution in [2.24, 2.45) is 0 Å². The molecule has 2 aliphatic carbocycles. The minimum atomic E-state index is -0.363. The summed E-state index contributed by atoms with van der Waals surface area (Å²) in [5, 5.41) is 0. The number of rotatable bonds is 5. The van der Waals surface area contributed by atoms with Gasteiger partial charge in [0, 0.05) is 16.7 Å². The molecule has 2 nitrogen and oxygen atoms in total. The maximum atomic E-state index is 5.20. The van der Waals surface area contributed by atoms with Gasteiger partial charge in [-0.3, -0.25) is 0 Å². The van der Waals surface area contributed by atoms with E-state index in [1.807, 2.05) is 12.1 Å². The van der Waals surface area contributed by atoms with Crippen LogP contribution in [-0.2, 0) is 5.41 Å². The predicted molar refractivity (Wildman–Crippen MR) is 226 cm³/mol. The molecular formula is C53H34N2. The molecule has 0 saturated carbocycles. The first kappa shape index (κ1) is 31.4. The van der Waals surface area contributed by atoms with Gasteiger partial charge in [-0.2, -0.15) is 0 Å². The van der Waals surface area contributed by atoms with Gasteiger partial charge in [0.05, 0.1) is 16.8 Å². The van der Waals surface area contributed by atoms with Crippen LogP contribution >= 0.6 is 0 Å². The first-order valence-corrected chi connectivity index (χ1v) is 18.9. The lowest BCUT2D eigenvalue weighted by Crippen LogP contribution is -2.25. The van der Waals surface area contributed by atoms with Crippen molar-refractivity contribution < 1.29 is 0 Å². The normalized spacial score (nSPS) is 12.9. The van der Waals surface area contributed by atoms with E-state index >= 15 is 0 Å². The van der Waals surface area contributed by atoms with Crippen LogP contribution in [0.2, 0.25) is 0 Å². The maximum Gasteiger partial charge on any atom is 0.160 e. The zero-order valence-corrected chi connectivity index (χ0v) is 30.0. The third-order valence-electron chi connectivity index (χ3n) is 11.5. The van der Waals surface area contributed by atoms with Crippen molar-refractivity contribution in [3.63, 3.8) is 0 Å². The molecule has 55 heavy (non-hydrogen) atoms. The second-order valence-electron chi connectivity index (χ2n) is 14.5. The molecule has 1 aromatic heterocycles. The molecule has 2 heteroatoms. The van der Waals surface area contributed by atoms with Crippen molar-refractivity contribution in [2.75, 3.05) is 0 Å². The van der Waals surface area contributed by atoms with E-state index in [0.717, 1.165) is 33.6 Å². The zero-order chi connectivity index (χ0) is 36.3. The summed E-state index contributed by atoms with van der Waals surface area (Å²) in [7, 11) is 0. The van der Waals surface area contributed by atoms with Gasteiger partial charge in [-0.25, -0.2) is 9.97 Å². The molecule has 0 saturated heterocycles. The second-order valence-corrected chi connectivity index (χ2v) is 14.5. The van der Waals surface area contributed by atoms with Gasteiger partial charge in [0.2, 0.25) is 0 Å². The van der Waals surface area contributed by atoms with Crippen molar-refractivity contribution in [3.8, 4) is 78.4 Å². The van der Waals surface area contributed by atoms with E-state index in [4.69, 9.17) is 9.97 Å². The first-order chi connectivity index (χ1) is 27.3. The lowest BCUT2D eigenvalue weighted by atomic mass is 9.70. The Bertz CT molecular complexity index is 2860. The lowest BCUT2D eigenvalue weighted by molar-refractivity contribution is 0.794. The van der Waals surface area contributed by atoms with Crippen LogP contribution < -0.4 is 0 Å². The SMILES string of the molecule is c1ccc(-c2cccc(-c3nc(-c4ccccc4)cc(-c4ccc(-c5cccc6c5-c5ccccc5C65c6ccccc6-c6ccccc65)cc4)n3)c2)cc1. The zero-order valence-electron chi connectivity index (χ0n) is 30.0. The standard InChI is InChI=1S/C53H34N2/c1-3-15-35(16-4-1)39-19-13-20-40(33-39)52-54-49(37-17-5-2-6-18-37)34-50(55-52)38-31-29-36(30-32-38)41-24-14-28-48-51(41)44-23-9-12-27-47(44)53(48)45-25-10-7-21-42(45)43-22-8-11-26-46(43)53/h1-34H. The van der Waals surface area contributed by atoms with Crippen LogP contribution in [0.5, 0.6) is 0 Å². The van der Waals surface area contributed by atoms with Crippen LogP contribution in [0.25, 0.3) is 78.4 Å². The van der Waals surface area contributed by atoms with Crippen LogP contribution in [0, 0.1) is 0 Å². The molecule has 8 aromatic carbocycles. The van der Waals surface area contributed by atoms with Crippen molar-refractivity contribution >= 4 is 0 Å². The molecule has 0 unspecified atom stereocenters. The number of fused-ring (bicyclic) bond motifs is 10. The molecule has 0 aliphatic heterocycles. The minimum absolute atomic E-state index is 0.363. The van der Waals surface area contributed by atoms with Crippen LogP contribution in [0.4, 0.5) is 0 Å². The molecule has 0 bridgehead atoms. The molecule has 1 heterocycles. The van der Waals surface area contributed by atoms with Crippen molar-refractivity contribution in [3.05, 3.63) is 229 Å². The van der Waals surface area contributed by atoms with Crippen molar-refractivity contribution in [1.29, 1.82) is 0 Å². The molecule has 0 N–H and O–H groups in total. The van der Waals surface area contributed by atoms with Gasteiger partial charge in [-0.15, -0.1) is 0 Å². The fraction of sp³-hybridized carbons (Fsp3) is 0.0189. The Balaban J connectivity index is 1.04. The summed E-state index contributed by atoms with van der Waals surface area (Å²) < 4.78 is 0. The molecule has 11 rings (SSSR count). The third kappa shape index (κ3) is 4.82. The van der Waals surface area contributed by atoms with E-state index in [1.54, 1.807) is 0 Å². The van der Waals surface area contributed by atoms with E-state index in [2.05, 4.69) is 194 Å². The smallest absolute Gasteiger partial charge is 0.160 e. The summed E-state index contributed by atoms with van der Waals surface area (Å²) >= 11 is 0. The summed E-state index contributed by atoms with van der Waals surface area (Å²) in [5.41, 5.74) is 19.9. The Hall–Kier alpha value is -7.16. The Morgan fingerprint density at radius 3 is 1.36 bits per heavy atom. The van der Waals surface area contributed by atoms with Gasteiger partial charge in [0.25, 0.3) is 0 Å². The maximum absolute atomic E-state index is 5.20. The highest BCUT2D eigenvalue weighted by Gasteiger charge is 2.51. The predicted octanol–water partition coefficient (Wildman–Crippen LogP) is 13.2. The monoisotopic (exact) mass is 698 g/mol. The summed E-state index contributed by atoms with van der Waals surface area (Å²) in [5.74, 6) is 0.707. The van der Waals surface area contributed by atoms with Crippen LogP contribution in [0.1, 0.15) is 22.3 Å². The molecule has 0 fully saturated rings. The van der Waals surface area contributed by atoms with Gasteiger partial charge in [-0.05, 0) is 78.9 Å². The Kier molecular flexibility index (Phi) is 7.11. The third-order valence-corrected chi connectivity index (χ3v) is 11.5. The minimum Gasteiger partial charge on any atom is -0.228 e. The Morgan fingerprint density at radius 1 is 0.273 bits per heavy atom. The van der Waals surface area contributed by atoms with Gasteiger partial charge >= 0.3 is 0 Å². The van der Waals surface area contributed by atoms with Crippen LogP contribution in [0.15, 0.2) is 206 Å². The molecule has 2 aliphatic rings. The fourth-order valence-corrected chi connectivity index (χ4v) is 9.15. The van der Waals surface area contributed by atoms with E-state index in [9.17, 15) is 0 Å². The summed E-state index contributed by atoms with van der Waals surface area (Å²) in [4.78, 5) is 10.3. The number of nitrogens with zero attached hydrogens (tertiary/aromatic N) is 2. The van der Waals surface area contributed by atoms with Crippen LogP contribution in [0.3, 0.4) is 0 Å². The highest BCUT2D eigenvalue weighted by atomic mass is 14.9. The summed E-state index contributed by atoms with van der Waals surface area (Å²) in [6.07, 6.45) is 0.